The highest BCUT2D eigenvalue weighted by Crippen LogP contribution is 2.30. The quantitative estimate of drug-likeness (QED) is 0.608. The largest absolute Gasteiger partial charge is 0.192 e. The fourth-order valence-electron chi connectivity index (χ4n) is 2.45. The molecule has 0 N–H and O–H groups in total. The zero-order chi connectivity index (χ0) is 13.2. The number of rotatable bonds is 1. The normalized spacial score (nSPS) is 10.3. The summed E-state index contributed by atoms with van der Waals surface area (Å²) in [5.41, 5.74) is 4.06. The third-order valence-corrected chi connectivity index (χ3v) is 3.37. The van der Waals surface area contributed by atoms with Crippen LogP contribution in [0.1, 0.15) is 11.1 Å². The van der Waals surface area contributed by atoms with Crippen molar-refractivity contribution in [2.24, 2.45) is 0 Å². The number of hydrogen-bond acceptors (Lipinski definition) is 1. The van der Waals surface area contributed by atoms with Crippen LogP contribution >= 0.6 is 0 Å². The molecule has 0 atom stereocenters. The van der Waals surface area contributed by atoms with Gasteiger partial charge in [-0.1, -0.05) is 66.2 Å². The topological polar surface area (TPSA) is 23.8 Å². The molecule has 3 aromatic carbocycles. The maximum atomic E-state index is 9.50. The van der Waals surface area contributed by atoms with Crippen LogP contribution in [0.5, 0.6) is 0 Å². The highest BCUT2D eigenvalue weighted by Gasteiger charge is 2.08. The van der Waals surface area contributed by atoms with Gasteiger partial charge in [0.2, 0.25) is 0 Å². The lowest BCUT2D eigenvalue weighted by Gasteiger charge is -2.08. The molecule has 90 valence electrons. The molecular formula is C18H13N. The van der Waals surface area contributed by atoms with Crippen molar-refractivity contribution in [3.8, 4) is 17.2 Å². The second kappa shape index (κ2) is 4.59. The van der Waals surface area contributed by atoms with Crippen LogP contribution in [-0.4, -0.2) is 0 Å². The number of aryl methyl sites for hydroxylation is 1. The molecule has 1 heteroatoms. The van der Waals surface area contributed by atoms with E-state index < -0.39 is 0 Å². The van der Waals surface area contributed by atoms with Crippen molar-refractivity contribution in [3.05, 3.63) is 71.8 Å². The van der Waals surface area contributed by atoms with E-state index in [1.54, 1.807) is 0 Å². The Labute approximate surface area is 112 Å². The van der Waals surface area contributed by atoms with Gasteiger partial charge in [-0.2, -0.15) is 5.26 Å². The van der Waals surface area contributed by atoms with E-state index in [0.717, 1.165) is 27.5 Å². The molecule has 0 bridgehead atoms. The summed E-state index contributed by atoms with van der Waals surface area (Å²) in [6.45, 7) is 2.07. The summed E-state index contributed by atoms with van der Waals surface area (Å²) >= 11 is 0. The summed E-state index contributed by atoms with van der Waals surface area (Å²) < 4.78 is 0. The molecule has 19 heavy (non-hydrogen) atoms. The number of benzene rings is 3. The zero-order valence-corrected chi connectivity index (χ0v) is 10.7. The summed E-state index contributed by atoms with van der Waals surface area (Å²) in [7, 11) is 0. The van der Waals surface area contributed by atoms with Crippen LogP contribution in [0.2, 0.25) is 0 Å². The van der Waals surface area contributed by atoms with Crippen molar-refractivity contribution in [2.75, 3.05) is 0 Å². The molecule has 0 saturated carbocycles. The molecular weight excluding hydrogens is 230 g/mol. The summed E-state index contributed by atoms with van der Waals surface area (Å²) in [4.78, 5) is 0. The van der Waals surface area contributed by atoms with Gasteiger partial charge in [-0.3, -0.25) is 0 Å². The van der Waals surface area contributed by atoms with Gasteiger partial charge in [-0.05, 0) is 17.9 Å². The van der Waals surface area contributed by atoms with Crippen LogP contribution in [0.4, 0.5) is 0 Å². The van der Waals surface area contributed by atoms with E-state index in [4.69, 9.17) is 0 Å². The SMILES string of the molecule is Cc1cccc(-c2ccc3ccccc3c2C#N)c1. The van der Waals surface area contributed by atoms with Gasteiger partial charge in [0.05, 0.1) is 5.56 Å². The van der Waals surface area contributed by atoms with Crippen LogP contribution < -0.4 is 0 Å². The smallest absolute Gasteiger partial charge is 0.100 e. The molecule has 3 rings (SSSR count). The predicted molar refractivity (Wildman–Crippen MR) is 78.8 cm³/mol. The molecule has 0 aliphatic rings. The Bertz CT molecular complexity index is 794. The first-order chi connectivity index (χ1) is 9.29. The van der Waals surface area contributed by atoms with E-state index in [9.17, 15) is 5.26 Å². The fourth-order valence-corrected chi connectivity index (χ4v) is 2.45. The number of nitrogens with zero attached hydrogens (tertiary/aromatic N) is 1. The molecule has 1 nitrogen and oxygen atoms in total. The van der Waals surface area contributed by atoms with E-state index in [1.165, 1.54) is 5.56 Å². The van der Waals surface area contributed by atoms with Gasteiger partial charge in [0.15, 0.2) is 0 Å². The minimum atomic E-state index is 0.753. The van der Waals surface area contributed by atoms with Gasteiger partial charge in [-0.25, -0.2) is 0 Å². The molecule has 0 amide bonds. The van der Waals surface area contributed by atoms with Gasteiger partial charge in [0.1, 0.15) is 6.07 Å². The average molecular weight is 243 g/mol. The minimum Gasteiger partial charge on any atom is -0.192 e. The van der Waals surface area contributed by atoms with Crippen LogP contribution in [0.15, 0.2) is 60.7 Å². The van der Waals surface area contributed by atoms with Gasteiger partial charge in [-0.15, -0.1) is 0 Å². The molecule has 0 aliphatic carbocycles. The molecule has 0 unspecified atom stereocenters. The Morgan fingerprint density at radius 2 is 1.74 bits per heavy atom. The average Bonchev–Trinajstić information content (AvgIpc) is 2.46. The maximum Gasteiger partial charge on any atom is 0.100 e. The number of nitriles is 1. The summed E-state index contributed by atoms with van der Waals surface area (Å²) in [5, 5.41) is 11.6. The summed E-state index contributed by atoms with van der Waals surface area (Å²) in [5.74, 6) is 0. The monoisotopic (exact) mass is 243 g/mol. The predicted octanol–water partition coefficient (Wildman–Crippen LogP) is 4.69. The number of fused-ring (bicyclic) bond motifs is 1. The van der Waals surface area contributed by atoms with Crippen molar-refractivity contribution in [1.29, 1.82) is 5.26 Å². The van der Waals surface area contributed by atoms with Crippen LogP contribution in [-0.2, 0) is 0 Å². The van der Waals surface area contributed by atoms with E-state index in [1.807, 2.05) is 36.4 Å². The van der Waals surface area contributed by atoms with E-state index in [0.29, 0.717) is 0 Å². The number of hydrogen-bond donors (Lipinski definition) is 0. The third-order valence-electron chi connectivity index (χ3n) is 3.37. The van der Waals surface area contributed by atoms with Gasteiger partial charge in [0, 0.05) is 10.9 Å². The maximum absolute atomic E-state index is 9.50. The first-order valence-electron chi connectivity index (χ1n) is 6.28. The van der Waals surface area contributed by atoms with Crippen molar-refractivity contribution in [1.82, 2.24) is 0 Å². The molecule has 0 spiro atoms. The standard InChI is InChI=1S/C18H13N/c1-13-5-4-7-15(11-13)17-10-9-14-6-2-3-8-16(14)18(17)12-19/h2-11H,1H3. The molecule has 0 aromatic heterocycles. The first-order valence-corrected chi connectivity index (χ1v) is 6.28. The lowest BCUT2D eigenvalue weighted by molar-refractivity contribution is 1.46. The van der Waals surface area contributed by atoms with Gasteiger partial charge >= 0.3 is 0 Å². The fraction of sp³-hybridized carbons (Fsp3) is 0.0556. The van der Waals surface area contributed by atoms with Crippen molar-refractivity contribution < 1.29 is 0 Å². The second-order valence-corrected chi connectivity index (χ2v) is 4.69. The molecule has 0 fully saturated rings. The zero-order valence-electron chi connectivity index (χ0n) is 10.7. The molecule has 3 aromatic rings. The lowest BCUT2D eigenvalue weighted by atomic mass is 9.94. The van der Waals surface area contributed by atoms with Crippen LogP contribution in [0.25, 0.3) is 21.9 Å². The van der Waals surface area contributed by atoms with E-state index in [-0.39, 0.29) is 0 Å². The van der Waals surface area contributed by atoms with Gasteiger partial charge in [0.25, 0.3) is 0 Å². The van der Waals surface area contributed by atoms with Crippen LogP contribution in [0.3, 0.4) is 0 Å². The third kappa shape index (κ3) is 1.98. The second-order valence-electron chi connectivity index (χ2n) is 4.69. The lowest BCUT2D eigenvalue weighted by Crippen LogP contribution is -1.87. The van der Waals surface area contributed by atoms with Crippen molar-refractivity contribution in [2.45, 2.75) is 6.92 Å². The van der Waals surface area contributed by atoms with Crippen molar-refractivity contribution >= 4 is 10.8 Å². The summed E-state index contributed by atoms with van der Waals surface area (Å²) in [6, 6.07) is 22.8. The summed E-state index contributed by atoms with van der Waals surface area (Å²) in [6.07, 6.45) is 0. The van der Waals surface area contributed by atoms with E-state index >= 15 is 0 Å². The Balaban J connectivity index is 2.34. The highest BCUT2D eigenvalue weighted by atomic mass is 14.3. The van der Waals surface area contributed by atoms with Crippen LogP contribution in [0, 0.1) is 18.3 Å². The highest BCUT2D eigenvalue weighted by molar-refractivity contribution is 5.94. The molecule has 0 saturated heterocycles. The van der Waals surface area contributed by atoms with E-state index in [2.05, 4.69) is 37.3 Å². The Kier molecular flexibility index (Phi) is 2.78. The minimum absolute atomic E-state index is 0.753. The Morgan fingerprint density at radius 1 is 0.895 bits per heavy atom. The first kappa shape index (κ1) is 11.5. The molecule has 0 heterocycles. The Morgan fingerprint density at radius 3 is 2.53 bits per heavy atom. The van der Waals surface area contributed by atoms with Gasteiger partial charge < -0.3 is 0 Å². The molecule has 0 aliphatic heterocycles. The molecule has 0 radical (unpaired) electrons. The van der Waals surface area contributed by atoms with Crippen molar-refractivity contribution in [3.63, 3.8) is 0 Å². The Hall–Kier alpha value is -2.59.